The second kappa shape index (κ2) is 7.51. The molecule has 0 saturated carbocycles. The van der Waals surface area contributed by atoms with Crippen molar-refractivity contribution in [3.05, 3.63) is 59.9 Å². The van der Waals surface area contributed by atoms with Crippen molar-refractivity contribution >= 4 is 28.7 Å². The monoisotopic (exact) mass is 393 g/mol. The van der Waals surface area contributed by atoms with Gasteiger partial charge in [0.15, 0.2) is 0 Å². The Bertz CT molecular complexity index is 948. The first-order valence-corrected chi connectivity index (χ1v) is 11.0. The molecule has 0 aliphatic carbocycles. The molecule has 2 aromatic carbocycles. The number of fused-ring (bicyclic) bond motifs is 1. The number of carbonyl (C=O) groups excluding carboxylic acids is 1. The zero-order chi connectivity index (χ0) is 18.9. The van der Waals surface area contributed by atoms with Crippen LogP contribution in [0, 0.1) is 0 Å². The Kier molecular flexibility index (Phi) is 4.72. The first-order chi connectivity index (χ1) is 13.8. The fraction of sp³-hybridized carbons (Fsp3) is 0.364. The lowest BCUT2D eigenvalue weighted by atomic mass is 10.00. The second-order valence-electron chi connectivity index (χ2n) is 7.45. The van der Waals surface area contributed by atoms with E-state index < -0.39 is 0 Å². The van der Waals surface area contributed by atoms with Gasteiger partial charge in [-0.1, -0.05) is 12.1 Å². The number of aromatic nitrogens is 2. The van der Waals surface area contributed by atoms with Gasteiger partial charge in [0.1, 0.15) is 17.7 Å². The number of hydrogen-bond acceptors (Lipinski definition) is 4. The van der Waals surface area contributed by atoms with E-state index in [1.807, 2.05) is 65.2 Å². The summed E-state index contributed by atoms with van der Waals surface area (Å²) in [4.78, 5) is 23.4. The summed E-state index contributed by atoms with van der Waals surface area (Å²) in [5.41, 5.74) is 2.68. The van der Waals surface area contributed by atoms with E-state index in [-0.39, 0.29) is 11.9 Å². The number of carbonyl (C=O) groups is 1. The normalized spacial score (nSPS) is 20.1. The van der Waals surface area contributed by atoms with Crippen LogP contribution in [0.3, 0.4) is 0 Å². The van der Waals surface area contributed by atoms with Gasteiger partial charge in [-0.15, -0.1) is 0 Å². The molecule has 2 saturated heterocycles. The molecule has 2 fully saturated rings. The van der Waals surface area contributed by atoms with E-state index in [1.165, 1.54) is 0 Å². The minimum Gasteiger partial charge on any atom is -0.489 e. The van der Waals surface area contributed by atoms with Gasteiger partial charge < -0.3 is 14.6 Å². The summed E-state index contributed by atoms with van der Waals surface area (Å²) in [5, 5.41) is 0. The molecule has 28 heavy (non-hydrogen) atoms. The minimum absolute atomic E-state index is 0.00317. The Morgan fingerprint density at radius 1 is 1.11 bits per heavy atom. The average Bonchev–Trinajstić information content (AvgIpc) is 3.15. The number of piperidine rings is 1. The van der Waals surface area contributed by atoms with Crippen molar-refractivity contribution in [2.24, 2.45) is 0 Å². The van der Waals surface area contributed by atoms with Gasteiger partial charge in [-0.05, 0) is 55.7 Å². The number of imidazole rings is 1. The number of rotatable bonds is 4. The average molecular weight is 394 g/mol. The lowest BCUT2D eigenvalue weighted by Gasteiger charge is -2.34. The van der Waals surface area contributed by atoms with Crippen LogP contribution in [0.5, 0.6) is 5.75 Å². The molecule has 0 bridgehead atoms. The zero-order valence-electron chi connectivity index (χ0n) is 15.6. The van der Waals surface area contributed by atoms with Crippen molar-refractivity contribution in [1.29, 1.82) is 0 Å². The standard InChI is InChI=1S/C22H23N3O2S/c26-22(15-8-10-16(11-9-15)27-17-13-28-14-17)25-12-4-3-7-20(25)21-23-18-5-1-2-6-19(18)24-21/h1-2,5-6,8-11,17,20H,3-4,7,12-14H2,(H,23,24)/t20-/m1/s1. The van der Waals surface area contributed by atoms with Crippen molar-refractivity contribution < 1.29 is 9.53 Å². The summed E-state index contributed by atoms with van der Waals surface area (Å²) < 4.78 is 5.89. The van der Waals surface area contributed by atoms with Gasteiger partial charge in [0.25, 0.3) is 5.91 Å². The Morgan fingerprint density at radius 3 is 2.68 bits per heavy atom. The number of thioether (sulfide) groups is 1. The number of benzene rings is 2. The van der Waals surface area contributed by atoms with Crippen molar-refractivity contribution in [3.8, 4) is 5.75 Å². The Morgan fingerprint density at radius 2 is 1.93 bits per heavy atom. The van der Waals surface area contributed by atoms with Gasteiger partial charge in [0.2, 0.25) is 0 Å². The van der Waals surface area contributed by atoms with Crippen molar-refractivity contribution in [2.45, 2.75) is 31.4 Å². The minimum atomic E-state index is -0.00317. The summed E-state index contributed by atoms with van der Waals surface area (Å²) in [6, 6.07) is 15.6. The van der Waals surface area contributed by atoms with Crippen molar-refractivity contribution in [2.75, 3.05) is 18.1 Å². The number of para-hydroxylation sites is 2. The predicted molar refractivity (Wildman–Crippen MR) is 112 cm³/mol. The van der Waals surface area contributed by atoms with Gasteiger partial charge in [-0.2, -0.15) is 11.8 Å². The van der Waals surface area contributed by atoms with E-state index >= 15 is 0 Å². The molecule has 1 aromatic heterocycles. The number of nitrogens with one attached hydrogen (secondary N) is 1. The molecule has 2 aliphatic rings. The van der Waals surface area contributed by atoms with E-state index in [1.54, 1.807) is 0 Å². The van der Waals surface area contributed by atoms with Crippen LogP contribution in [0.25, 0.3) is 11.0 Å². The highest BCUT2D eigenvalue weighted by atomic mass is 32.2. The lowest BCUT2D eigenvalue weighted by molar-refractivity contribution is 0.0601. The van der Waals surface area contributed by atoms with Gasteiger partial charge in [0, 0.05) is 23.6 Å². The van der Waals surface area contributed by atoms with Crippen molar-refractivity contribution in [3.63, 3.8) is 0 Å². The van der Waals surface area contributed by atoms with E-state index in [0.29, 0.717) is 11.7 Å². The molecule has 1 N–H and O–H groups in total. The Balaban J connectivity index is 1.37. The number of H-pyrrole nitrogens is 1. The molecular weight excluding hydrogens is 370 g/mol. The largest absolute Gasteiger partial charge is 0.489 e. The number of ether oxygens (including phenoxy) is 1. The molecule has 1 amide bonds. The molecule has 5 nitrogen and oxygen atoms in total. The summed E-state index contributed by atoms with van der Waals surface area (Å²) >= 11 is 1.90. The third-order valence-corrected chi connectivity index (χ3v) is 6.71. The van der Waals surface area contributed by atoms with Gasteiger partial charge >= 0.3 is 0 Å². The molecule has 3 aromatic rings. The molecule has 144 valence electrons. The summed E-state index contributed by atoms with van der Waals surface area (Å²) in [5.74, 6) is 3.89. The third-order valence-electron chi connectivity index (χ3n) is 5.50. The van der Waals surface area contributed by atoms with Gasteiger partial charge in [0.05, 0.1) is 17.1 Å². The van der Waals surface area contributed by atoms with Crippen LogP contribution in [0.4, 0.5) is 0 Å². The number of amides is 1. The van der Waals surface area contributed by atoms with Gasteiger partial charge in [-0.25, -0.2) is 4.98 Å². The Hall–Kier alpha value is -2.47. The zero-order valence-corrected chi connectivity index (χ0v) is 16.5. The SMILES string of the molecule is O=C(c1ccc(OC2CSC2)cc1)N1CCCC[C@@H]1c1nc2ccccc2[nH]1. The topological polar surface area (TPSA) is 58.2 Å². The molecule has 2 aliphatic heterocycles. The van der Waals surface area contributed by atoms with E-state index in [2.05, 4.69) is 4.98 Å². The summed E-state index contributed by atoms with van der Waals surface area (Å²) in [6.07, 6.45) is 3.39. The van der Waals surface area contributed by atoms with Crippen LogP contribution < -0.4 is 4.74 Å². The highest BCUT2D eigenvalue weighted by Crippen LogP contribution is 2.32. The smallest absolute Gasteiger partial charge is 0.254 e. The van der Waals surface area contributed by atoms with Crippen LogP contribution in [0.2, 0.25) is 0 Å². The highest BCUT2D eigenvalue weighted by molar-refractivity contribution is 8.00. The summed E-state index contributed by atoms with van der Waals surface area (Å²) in [7, 11) is 0. The number of aromatic amines is 1. The number of likely N-dealkylation sites (tertiary alicyclic amines) is 1. The fourth-order valence-electron chi connectivity index (χ4n) is 3.91. The maximum absolute atomic E-state index is 13.2. The van der Waals surface area contributed by atoms with Gasteiger partial charge in [-0.3, -0.25) is 4.79 Å². The fourth-order valence-corrected chi connectivity index (χ4v) is 4.47. The predicted octanol–water partition coefficient (Wildman–Crippen LogP) is 4.42. The highest BCUT2D eigenvalue weighted by Gasteiger charge is 2.31. The summed E-state index contributed by atoms with van der Waals surface area (Å²) in [6.45, 7) is 0.762. The molecule has 3 heterocycles. The first-order valence-electron chi connectivity index (χ1n) is 9.88. The quantitative estimate of drug-likeness (QED) is 0.713. The van der Waals surface area contributed by atoms with Crippen LogP contribution in [0.15, 0.2) is 48.5 Å². The molecule has 1 atom stereocenters. The van der Waals surface area contributed by atoms with E-state index in [0.717, 1.165) is 59.9 Å². The molecule has 0 radical (unpaired) electrons. The second-order valence-corrected chi connectivity index (χ2v) is 8.53. The maximum Gasteiger partial charge on any atom is 0.254 e. The number of nitrogens with zero attached hydrogens (tertiary/aromatic N) is 2. The van der Waals surface area contributed by atoms with E-state index in [4.69, 9.17) is 9.72 Å². The Labute approximate surface area is 168 Å². The molecule has 0 unspecified atom stereocenters. The van der Waals surface area contributed by atoms with Crippen molar-refractivity contribution in [1.82, 2.24) is 14.9 Å². The first kappa shape index (κ1) is 17.6. The third kappa shape index (κ3) is 3.37. The maximum atomic E-state index is 13.2. The number of hydrogen-bond donors (Lipinski definition) is 1. The van der Waals surface area contributed by atoms with Crippen LogP contribution in [0.1, 0.15) is 41.5 Å². The molecular formula is C22H23N3O2S. The van der Waals surface area contributed by atoms with E-state index in [9.17, 15) is 4.79 Å². The molecule has 0 spiro atoms. The lowest BCUT2D eigenvalue weighted by Crippen LogP contribution is -2.39. The van der Waals surface area contributed by atoms with Crippen LogP contribution in [-0.2, 0) is 0 Å². The molecule has 6 heteroatoms. The van der Waals surface area contributed by atoms with Crippen LogP contribution in [-0.4, -0.2) is 44.9 Å². The molecule has 5 rings (SSSR count). The van der Waals surface area contributed by atoms with Crippen LogP contribution >= 0.6 is 11.8 Å².